The van der Waals surface area contributed by atoms with Gasteiger partial charge in [0.2, 0.25) is 0 Å². The molecule has 7 aromatic rings. The van der Waals surface area contributed by atoms with Gasteiger partial charge < -0.3 is 19.4 Å². The molecule has 72 heavy (non-hydrogen) atoms. The molecule has 0 saturated carbocycles. The Morgan fingerprint density at radius 2 is 0.778 bits per heavy atom. The first-order valence-electron chi connectivity index (χ1n) is 24.8. The zero-order valence-electron chi connectivity index (χ0n) is 41.6. The second-order valence-electron chi connectivity index (χ2n) is 20.9. The first kappa shape index (κ1) is 47.6. The Hall–Kier alpha value is -8.12. The monoisotopic (exact) mass is 958 g/mol. The molecule has 4 aromatic carbocycles. The van der Waals surface area contributed by atoms with Crippen molar-refractivity contribution < 1.29 is 19.3 Å². The first-order valence-corrected chi connectivity index (χ1v) is 24.8. The van der Waals surface area contributed by atoms with Crippen molar-refractivity contribution in [3.8, 4) is 56.0 Å². The Morgan fingerprint density at radius 3 is 1.12 bits per heavy atom. The van der Waals surface area contributed by atoms with Crippen LogP contribution in [0.25, 0.3) is 90.9 Å². The van der Waals surface area contributed by atoms with Gasteiger partial charge in [-0.15, -0.1) is 0 Å². The van der Waals surface area contributed by atoms with Crippen molar-refractivity contribution in [3.05, 3.63) is 163 Å². The van der Waals surface area contributed by atoms with Crippen LogP contribution < -0.4 is 9.47 Å². The number of H-pyrrole nitrogens is 2. The fourth-order valence-electron chi connectivity index (χ4n) is 9.79. The topological polar surface area (TPSA) is 162 Å². The molecule has 0 radical (unpaired) electrons. The van der Waals surface area contributed by atoms with Crippen LogP contribution in [0.4, 0.5) is 11.4 Å². The van der Waals surface area contributed by atoms with Crippen LogP contribution in [0.3, 0.4) is 0 Å². The second-order valence-corrected chi connectivity index (χ2v) is 20.9. The number of nitrogens with zero attached hydrogens (tertiary/aromatic N) is 4. The van der Waals surface area contributed by atoms with E-state index < -0.39 is 0 Å². The van der Waals surface area contributed by atoms with Crippen molar-refractivity contribution >= 4 is 57.7 Å². The van der Waals surface area contributed by atoms with Crippen LogP contribution in [0.2, 0.25) is 0 Å². The number of nitro benzene ring substituents is 2. The predicted molar refractivity (Wildman–Crippen MR) is 290 cm³/mol. The Morgan fingerprint density at radius 1 is 0.444 bits per heavy atom. The maximum atomic E-state index is 12.0. The number of aromatic nitrogens is 4. The van der Waals surface area contributed by atoms with Gasteiger partial charge in [-0.3, -0.25) is 20.2 Å². The lowest BCUT2D eigenvalue weighted by Crippen LogP contribution is -2.11. The molecule has 0 amide bonds. The summed E-state index contributed by atoms with van der Waals surface area (Å²) in [6, 6.07) is 34.2. The van der Waals surface area contributed by atoms with Crippen molar-refractivity contribution in [1.29, 1.82) is 0 Å². The van der Waals surface area contributed by atoms with E-state index >= 15 is 0 Å². The number of benzene rings is 4. The van der Waals surface area contributed by atoms with Gasteiger partial charge in [0, 0.05) is 79.7 Å². The third-order valence-electron chi connectivity index (χ3n) is 13.8. The lowest BCUT2D eigenvalue weighted by atomic mass is 9.85. The lowest BCUT2D eigenvalue weighted by Gasteiger charge is -2.22. The van der Waals surface area contributed by atoms with Crippen LogP contribution in [0, 0.1) is 20.2 Å². The number of nitrogens with one attached hydrogen (secondary N) is 2. The molecule has 0 spiro atoms. The van der Waals surface area contributed by atoms with Gasteiger partial charge in [0.1, 0.15) is 11.5 Å². The summed E-state index contributed by atoms with van der Waals surface area (Å²) < 4.78 is 13.6. The van der Waals surface area contributed by atoms with Crippen LogP contribution in [0.5, 0.6) is 11.5 Å². The van der Waals surface area contributed by atoms with Crippen molar-refractivity contribution in [1.82, 2.24) is 19.9 Å². The summed E-state index contributed by atoms with van der Waals surface area (Å²) in [6.07, 6.45) is 14.1. The van der Waals surface area contributed by atoms with Crippen LogP contribution in [0.15, 0.2) is 109 Å². The summed E-state index contributed by atoms with van der Waals surface area (Å²) in [5, 5.41) is 23.9. The van der Waals surface area contributed by atoms with Crippen molar-refractivity contribution in [3.63, 3.8) is 0 Å². The molecule has 0 fully saturated rings. The second kappa shape index (κ2) is 19.2. The fourth-order valence-corrected chi connectivity index (χ4v) is 9.79. The SMILES string of the molecule is CC(C)(C)c1ccc2c(c1)-c1c3nc(c(-c4ccc([N+](=O)[O-])cc4)c4ccc([nH]4)c(c4nc(c(-c5ccc([N+](=O)[O-])cc5)c5ccc1[nH]5)C=C4)-c1cc(C(C)(C)C)ccc1OCCCCCCCCO2)C=C3. The normalized spacial score (nSPS) is 14.1. The molecule has 2 N–H and O–H groups in total. The molecule has 0 unspecified atom stereocenters. The number of aromatic amines is 2. The molecule has 3 aliphatic rings. The molecule has 3 aliphatic heterocycles. The van der Waals surface area contributed by atoms with E-state index in [4.69, 9.17) is 19.4 Å². The van der Waals surface area contributed by atoms with E-state index in [1.807, 2.05) is 36.4 Å². The summed E-state index contributed by atoms with van der Waals surface area (Å²) in [5.74, 6) is 1.47. The van der Waals surface area contributed by atoms with Crippen LogP contribution >= 0.6 is 0 Å². The Bertz CT molecular complexity index is 3260. The van der Waals surface area contributed by atoms with Gasteiger partial charge in [-0.05, 0) is 143 Å². The quantitative estimate of drug-likeness (QED) is 0.130. The maximum Gasteiger partial charge on any atom is 0.269 e. The summed E-state index contributed by atoms with van der Waals surface area (Å²) >= 11 is 0. The Labute approximate surface area is 418 Å². The summed E-state index contributed by atoms with van der Waals surface area (Å²) in [5.41, 5.74) is 13.9. The van der Waals surface area contributed by atoms with E-state index in [0.29, 0.717) is 36.0 Å². The van der Waals surface area contributed by atoms with E-state index in [-0.39, 0.29) is 32.1 Å². The largest absolute Gasteiger partial charge is 0.493 e. The smallest absolute Gasteiger partial charge is 0.269 e. The number of rotatable bonds is 4. The molecule has 10 bridgehead atoms. The number of fused-ring (bicyclic) bond motifs is 10. The number of nitro groups is 2. The Kier molecular flexibility index (Phi) is 12.7. The molecule has 0 aliphatic carbocycles. The van der Waals surface area contributed by atoms with E-state index in [2.05, 4.69) is 100 Å². The van der Waals surface area contributed by atoms with E-state index in [1.165, 1.54) is 24.3 Å². The highest BCUT2D eigenvalue weighted by atomic mass is 16.6. The number of hydrogen-bond acceptors (Lipinski definition) is 8. The summed E-state index contributed by atoms with van der Waals surface area (Å²) in [4.78, 5) is 41.7. The van der Waals surface area contributed by atoms with E-state index in [9.17, 15) is 20.2 Å². The zero-order valence-corrected chi connectivity index (χ0v) is 41.6. The third-order valence-corrected chi connectivity index (χ3v) is 13.8. The number of non-ortho nitro benzene ring substituents is 2. The molecule has 0 saturated heterocycles. The van der Waals surface area contributed by atoms with Crippen molar-refractivity contribution in [2.24, 2.45) is 0 Å². The highest BCUT2D eigenvalue weighted by Crippen LogP contribution is 2.44. The molecule has 12 nitrogen and oxygen atoms in total. The van der Waals surface area contributed by atoms with Crippen molar-refractivity contribution in [2.45, 2.75) is 90.9 Å². The van der Waals surface area contributed by atoms with Gasteiger partial charge >= 0.3 is 0 Å². The van der Waals surface area contributed by atoms with Crippen LogP contribution in [0.1, 0.15) is 114 Å². The van der Waals surface area contributed by atoms with Gasteiger partial charge in [-0.2, -0.15) is 0 Å². The van der Waals surface area contributed by atoms with Gasteiger partial charge in [0.05, 0.1) is 45.8 Å². The van der Waals surface area contributed by atoms with Gasteiger partial charge in [0.15, 0.2) is 0 Å². The molecule has 6 heterocycles. The average Bonchev–Trinajstić information content (AvgIpc) is 4.21. The Balaban J connectivity index is 1.39. The highest BCUT2D eigenvalue weighted by molar-refractivity contribution is 6.01. The van der Waals surface area contributed by atoms with Gasteiger partial charge in [-0.1, -0.05) is 79.4 Å². The number of ether oxygens (including phenoxy) is 2. The summed E-state index contributed by atoms with van der Waals surface area (Å²) in [7, 11) is 0. The first-order chi connectivity index (χ1) is 34.6. The maximum absolute atomic E-state index is 12.0. The predicted octanol–water partition coefficient (Wildman–Crippen LogP) is 15.8. The minimum Gasteiger partial charge on any atom is -0.493 e. The minimum absolute atomic E-state index is 0.0134. The summed E-state index contributed by atoms with van der Waals surface area (Å²) in [6.45, 7) is 14.3. The van der Waals surface area contributed by atoms with Crippen molar-refractivity contribution in [2.75, 3.05) is 13.2 Å². The van der Waals surface area contributed by atoms with Gasteiger partial charge in [0.25, 0.3) is 11.4 Å². The molecule has 3 aromatic heterocycles. The fraction of sp³-hybridized carbons (Fsp3) is 0.267. The lowest BCUT2D eigenvalue weighted by molar-refractivity contribution is -0.385. The van der Waals surface area contributed by atoms with E-state index in [0.717, 1.165) is 128 Å². The standard InChI is InChI=1S/C60H58N6O6/c1-59(2,3)39-17-31-53-43(35-39)57-49-27-23-45(61-49)55(37-13-19-41(20-14-37)65(67)68)47-25-29-51(63-47)58(44-36-40(60(4,5)6)18-32-54(44)72-34-12-10-8-7-9-11-33-71-53)52-30-26-48(64-52)56(46-24-28-50(57)62-46)38-15-21-42(22-16-38)66(69)70/h13-32,35-36,61,64H,7-12,33-34H2,1-6H3. The highest BCUT2D eigenvalue weighted by Gasteiger charge is 2.25. The minimum atomic E-state index is -0.390. The average molecular weight is 959 g/mol. The van der Waals surface area contributed by atoms with Gasteiger partial charge in [-0.25, -0.2) is 9.97 Å². The molecule has 364 valence electrons. The van der Waals surface area contributed by atoms with Crippen LogP contribution in [-0.2, 0) is 10.8 Å². The van der Waals surface area contributed by atoms with E-state index in [1.54, 1.807) is 24.3 Å². The molecule has 0 atom stereocenters. The molecular formula is C60H58N6O6. The zero-order chi connectivity index (χ0) is 50.3. The third kappa shape index (κ3) is 9.56. The molecular weight excluding hydrogens is 901 g/mol. The molecule has 10 rings (SSSR count). The van der Waals surface area contributed by atoms with Crippen LogP contribution in [-0.4, -0.2) is 43.0 Å². The number of hydrogen-bond donors (Lipinski definition) is 2. The molecule has 12 heteroatoms.